The van der Waals surface area contributed by atoms with E-state index in [1.54, 1.807) is 0 Å². The number of rotatable bonds is 7. The lowest BCUT2D eigenvalue weighted by molar-refractivity contribution is 0.258. The first-order chi connectivity index (χ1) is 5.70. The van der Waals surface area contributed by atoms with Crippen LogP contribution in [0.15, 0.2) is 0 Å². The van der Waals surface area contributed by atoms with Crippen LogP contribution in [-0.4, -0.2) is 11.7 Å². The quantitative estimate of drug-likeness (QED) is 0.625. The smallest absolute Gasteiger partial charge is 0.0431 e. The molecular weight excluding hydrogens is 148 g/mol. The first-order valence-corrected chi connectivity index (χ1v) is 5.31. The van der Waals surface area contributed by atoms with Gasteiger partial charge in [0.2, 0.25) is 0 Å². The van der Waals surface area contributed by atoms with Gasteiger partial charge in [-0.05, 0) is 31.1 Å². The average Bonchev–Trinajstić information content (AvgIpc) is 2.00. The van der Waals surface area contributed by atoms with Crippen molar-refractivity contribution in [3.63, 3.8) is 0 Å². The highest BCUT2D eigenvalue weighted by atomic mass is 16.2. The molecule has 0 bridgehead atoms. The summed E-state index contributed by atoms with van der Waals surface area (Å²) in [6.45, 7) is 7.16. The third kappa shape index (κ3) is 6.66. The van der Waals surface area contributed by atoms with Crippen molar-refractivity contribution < 1.29 is 5.11 Å². The third-order valence-corrected chi connectivity index (χ3v) is 2.27. The highest BCUT2D eigenvalue weighted by Gasteiger charge is 2.08. The summed E-state index contributed by atoms with van der Waals surface area (Å²) in [6.07, 6.45) is 6.13. The molecule has 1 unspecified atom stereocenters. The van der Waals surface area contributed by atoms with Crippen LogP contribution < -0.4 is 0 Å². The van der Waals surface area contributed by atoms with Crippen LogP contribution in [0.25, 0.3) is 0 Å². The minimum absolute atomic E-state index is 0.359. The molecule has 0 spiro atoms. The largest absolute Gasteiger partial charge is 0.396 e. The van der Waals surface area contributed by atoms with Crippen molar-refractivity contribution in [3.8, 4) is 0 Å². The van der Waals surface area contributed by atoms with Crippen molar-refractivity contribution in [2.75, 3.05) is 6.61 Å². The van der Waals surface area contributed by atoms with Gasteiger partial charge in [0.05, 0.1) is 0 Å². The summed E-state index contributed by atoms with van der Waals surface area (Å²) in [5, 5.41) is 8.72. The molecular formula is C11H24O. The summed E-state index contributed by atoms with van der Waals surface area (Å²) in [5.41, 5.74) is 0. The van der Waals surface area contributed by atoms with Gasteiger partial charge in [-0.25, -0.2) is 0 Å². The normalized spacial score (nSPS) is 13.8. The number of hydrogen-bond acceptors (Lipinski definition) is 1. The summed E-state index contributed by atoms with van der Waals surface area (Å²) >= 11 is 0. The van der Waals surface area contributed by atoms with Gasteiger partial charge in [-0.1, -0.05) is 33.6 Å². The minimum atomic E-state index is 0.359. The van der Waals surface area contributed by atoms with Gasteiger partial charge in [0.25, 0.3) is 0 Å². The van der Waals surface area contributed by atoms with Crippen molar-refractivity contribution in [1.29, 1.82) is 0 Å². The zero-order chi connectivity index (χ0) is 9.40. The first kappa shape index (κ1) is 12.0. The van der Waals surface area contributed by atoms with Crippen LogP contribution in [-0.2, 0) is 0 Å². The SMILES string of the molecule is CCCC(CCCO)CC(C)C. The monoisotopic (exact) mass is 172 g/mol. The van der Waals surface area contributed by atoms with E-state index in [4.69, 9.17) is 5.11 Å². The van der Waals surface area contributed by atoms with Crippen molar-refractivity contribution >= 4 is 0 Å². The fourth-order valence-corrected chi connectivity index (χ4v) is 1.83. The molecule has 1 nitrogen and oxygen atoms in total. The highest BCUT2D eigenvalue weighted by molar-refractivity contribution is 4.61. The fourth-order valence-electron chi connectivity index (χ4n) is 1.83. The topological polar surface area (TPSA) is 20.2 Å². The minimum Gasteiger partial charge on any atom is -0.396 e. The maximum atomic E-state index is 8.72. The fraction of sp³-hybridized carbons (Fsp3) is 1.00. The van der Waals surface area contributed by atoms with E-state index in [0.717, 1.165) is 18.3 Å². The first-order valence-electron chi connectivity index (χ1n) is 5.31. The second kappa shape index (κ2) is 7.60. The molecule has 0 saturated heterocycles. The van der Waals surface area contributed by atoms with E-state index in [1.165, 1.54) is 25.7 Å². The second-order valence-electron chi connectivity index (χ2n) is 4.15. The van der Waals surface area contributed by atoms with Gasteiger partial charge in [0, 0.05) is 6.61 Å². The predicted octanol–water partition coefficient (Wildman–Crippen LogP) is 3.22. The Kier molecular flexibility index (Phi) is 7.58. The molecule has 0 rings (SSSR count). The Morgan fingerprint density at radius 2 is 1.83 bits per heavy atom. The van der Waals surface area contributed by atoms with Gasteiger partial charge < -0.3 is 5.11 Å². The Balaban J connectivity index is 3.54. The van der Waals surface area contributed by atoms with E-state index in [0.29, 0.717) is 6.61 Å². The Bertz CT molecular complexity index is 89.0. The molecule has 0 fully saturated rings. The van der Waals surface area contributed by atoms with Crippen LogP contribution in [0.3, 0.4) is 0 Å². The highest BCUT2D eigenvalue weighted by Crippen LogP contribution is 2.21. The molecule has 0 radical (unpaired) electrons. The van der Waals surface area contributed by atoms with Gasteiger partial charge in [-0.3, -0.25) is 0 Å². The summed E-state index contributed by atoms with van der Waals surface area (Å²) in [5.74, 6) is 1.65. The van der Waals surface area contributed by atoms with Crippen LogP contribution in [0.2, 0.25) is 0 Å². The molecule has 0 heterocycles. The zero-order valence-corrected chi connectivity index (χ0v) is 8.84. The van der Waals surface area contributed by atoms with E-state index in [2.05, 4.69) is 20.8 Å². The molecule has 0 aromatic heterocycles. The van der Waals surface area contributed by atoms with Crippen molar-refractivity contribution in [2.45, 2.75) is 52.9 Å². The van der Waals surface area contributed by atoms with E-state index in [9.17, 15) is 0 Å². The lowest BCUT2D eigenvalue weighted by Gasteiger charge is -2.17. The van der Waals surface area contributed by atoms with Crippen LogP contribution in [0.4, 0.5) is 0 Å². The van der Waals surface area contributed by atoms with E-state index in [1.807, 2.05) is 0 Å². The Morgan fingerprint density at radius 1 is 1.17 bits per heavy atom. The molecule has 0 aliphatic carbocycles. The molecule has 1 atom stereocenters. The van der Waals surface area contributed by atoms with Gasteiger partial charge >= 0.3 is 0 Å². The zero-order valence-electron chi connectivity index (χ0n) is 8.84. The summed E-state index contributed by atoms with van der Waals surface area (Å²) in [4.78, 5) is 0. The Morgan fingerprint density at radius 3 is 2.25 bits per heavy atom. The lowest BCUT2D eigenvalue weighted by Crippen LogP contribution is -2.05. The maximum absolute atomic E-state index is 8.72. The van der Waals surface area contributed by atoms with Crippen LogP contribution in [0.5, 0.6) is 0 Å². The van der Waals surface area contributed by atoms with Crippen LogP contribution >= 0.6 is 0 Å². The van der Waals surface area contributed by atoms with Crippen molar-refractivity contribution in [3.05, 3.63) is 0 Å². The van der Waals surface area contributed by atoms with E-state index < -0.39 is 0 Å². The average molecular weight is 172 g/mol. The molecule has 0 aliphatic rings. The summed E-state index contributed by atoms with van der Waals surface area (Å²) in [6, 6.07) is 0. The molecule has 0 saturated carbocycles. The Hall–Kier alpha value is -0.0400. The molecule has 0 amide bonds. The number of aliphatic hydroxyl groups is 1. The second-order valence-corrected chi connectivity index (χ2v) is 4.15. The molecule has 0 aromatic carbocycles. The van der Waals surface area contributed by atoms with Crippen molar-refractivity contribution in [2.24, 2.45) is 11.8 Å². The predicted molar refractivity (Wildman–Crippen MR) is 54.2 cm³/mol. The molecule has 0 aliphatic heterocycles. The van der Waals surface area contributed by atoms with Gasteiger partial charge in [-0.15, -0.1) is 0 Å². The lowest BCUT2D eigenvalue weighted by atomic mass is 9.89. The molecule has 1 N–H and O–H groups in total. The Labute approximate surface area is 77.2 Å². The molecule has 1 heteroatoms. The van der Waals surface area contributed by atoms with Crippen molar-refractivity contribution in [1.82, 2.24) is 0 Å². The maximum Gasteiger partial charge on any atom is 0.0431 e. The van der Waals surface area contributed by atoms with E-state index >= 15 is 0 Å². The number of aliphatic hydroxyl groups excluding tert-OH is 1. The molecule has 74 valence electrons. The summed E-state index contributed by atoms with van der Waals surface area (Å²) in [7, 11) is 0. The van der Waals surface area contributed by atoms with Gasteiger partial charge in [0.15, 0.2) is 0 Å². The van der Waals surface area contributed by atoms with Crippen LogP contribution in [0.1, 0.15) is 52.9 Å². The van der Waals surface area contributed by atoms with Gasteiger partial charge in [-0.2, -0.15) is 0 Å². The standard InChI is InChI=1S/C11H24O/c1-4-6-11(7-5-8-12)9-10(2)3/h10-12H,4-9H2,1-3H3. The van der Waals surface area contributed by atoms with E-state index in [-0.39, 0.29) is 0 Å². The van der Waals surface area contributed by atoms with Crippen LogP contribution in [0, 0.1) is 11.8 Å². The van der Waals surface area contributed by atoms with Gasteiger partial charge in [0.1, 0.15) is 0 Å². The summed E-state index contributed by atoms with van der Waals surface area (Å²) < 4.78 is 0. The number of hydrogen-bond donors (Lipinski definition) is 1. The third-order valence-electron chi connectivity index (χ3n) is 2.27. The molecule has 0 aromatic rings. The molecule has 12 heavy (non-hydrogen) atoms.